The molecule has 1 heterocycles. The van der Waals surface area contributed by atoms with Crippen LogP contribution in [0, 0.1) is 11.3 Å². The second-order valence-electron chi connectivity index (χ2n) is 4.39. The highest BCUT2D eigenvalue weighted by molar-refractivity contribution is 4.90. The zero-order valence-electron chi connectivity index (χ0n) is 8.08. The first-order valence-electron chi connectivity index (χ1n) is 4.63. The van der Waals surface area contributed by atoms with Crippen LogP contribution in [0.4, 0.5) is 0 Å². The van der Waals surface area contributed by atoms with Gasteiger partial charge in [0.25, 0.3) is 0 Å². The van der Waals surface area contributed by atoms with E-state index in [9.17, 15) is 0 Å². The quantitative estimate of drug-likeness (QED) is 0.625. The Morgan fingerprint density at radius 2 is 2.25 bits per heavy atom. The second kappa shape index (κ2) is 3.73. The lowest BCUT2D eigenvalue weighted by atomic mass is 9.83. The Hall–Kier alpha value is -0.120. The van der Waals surface area contributed by atoms with E-state index in [1.165, 1.54) is 0 Å². The number of aliphatic hydroxyl groups is 1. The predicted molar refractivity (Wildman–Crippen MR) is 49.9 cm³/mol. The van der Waals surface area contributed by atoms with Crippen LogP contribution in [0.3, 0.4) is 0 Å². The van der Waals surface area contributed by atoms with Gasteiger partial charge in [-0.2, -0.15) is 0 Å². The maximum atomic E-state index is 9.13. The molecule has 3 nitrogen and oxygen atoms in total. The van der Waals surface area contributed by atoms with Crippen LogP contribution in [-0.2, 0) is 0 Å². The highest BCUT2D eigenvalue weighted by Gasteiger charge is 2.38. The summed E-state index contributed by atoms with van der Waals surface area (Å²) in [6.07, 6.45) is 0. The minimum Gasteiger partial charge on any atom is -0.396 e. The third-order valence-electron chi connectivity index (χ3n) is 2.88. The maximum absolute atomic E-state index is 9.13. The molecule has 3 heteroatoms. The molecular formula is C9H20N2O. The fraction of sp³-hybridized carbons (Fsp3) is 1.00. The molecule has 0 aromatic heterocycles. The second-order valence-corrected chi connectivity index (χ2v) is 4.39. The summed E-state index contributed by atoms with van der Waals surface area (Å²) >= 11 is 0. The van der Waals surface area contributed by atoms with Crippen molar-refractivity contribution in [3.63, 3.8) is 0 Å². The van der Waals surface area contributed by atoms with Crippen molar-refractivity contribution in [1.29, 1.82) is 0 Å². The van der Waals surface area contributed by atoms with Gasteiger partial charge >= 0.3 is 0 Å². The summed E-state index contributed by atoms with van der Waals surface area (Å²) in [7, 11) is 0. The minimum absolute atomic E-state index is 0.254. The SMILES string of the molecule is CC1(C)CN(CCN)C[C@@H]1CO. The van der Waals surface area contributed by atoms with Crippen LogP contribution in [0.2, 0.25) is 0 Å². The van der Waals surface area contributed by atoms with Crippen molar-refractivity contribution in [2.45, 2.75) is 13.8 Å². The molecule has 72 valence electrons. The normalized spacial score (nSPS) is 29.5. The van der Waals surface area contributed by atoms with Crippen LogP contribution >= 0.6 is 0 Å². The first-order chi connectivity index (χ1) is 5.60. The molecule has 0 radical (unpaired) electrons. The molecule has 0 bridgehead atoms. The molecule has 0 amide bonds. The summed E-state index contributed by atoms with van der Waals surface area (Å²) < 4.78 is 0. The lowest BCUT2D eigenvalue weighted by Crippen LogP contribution is -2.28. The molecule has 0 aromatic carbocycles. The average Bonchev–Trinajstić information content (AvgIpc) is 2.25. The van der Waals surface area contributed by atoms with Gasteiger partial charge < -0.3 is 15.7 Å². The smallest absolute Gasteiger partial charge is 0.0477 e. The Bertz CT molecular complexity index is 147. The Labute approximate surface area is 74.5 Å². The van der Waals surface area contributed by atoms with E-state index in [1.54, 1.807) is 0 Å². The topological polar surface area (TPSA) is 49.5 Å². The van der Waals surface area contributed by atoms with E-state index in [0.29, 0.717) is 19.1 Å². The van der Waals surface area contributed by atoms with Gasteiger partial charge in [-0.1, -0.05) is 13.8 Å². The summed E-state index contributed by atoms with van der Waals surface area (Å²) in [5.74, 6) is 0.420. The molecule has 1 saturated heterocycles. The fourth-order valence-corrected chi connectivity index (χ4v) is 1.99. The lowest BCUT2D eigenvalue weighted by Gasteiger charge is -2.23. The van der Waals surface area contributed by atoms with Gasteiger partial charge in [0.15, 0.2) is 0 Å². The molecule has 1 atom stereocenters. The predicted octanol–water partition coefficient (Wildman–Crippen LogP) is -0.105. The molecule has 1 aliphatic rings. The van der Waals surface area contributed by atoms with Crippen LogP contribution in [0.25, 0.3) is 0 Å². The number of likely N-dealkylation sites (tertiary alicyclic amines) is 1. The first-order valence-corrected chi connectivity index (χ1v) is 4.63. The Morgan fingerprint density at radius 3 is 2.67 bits per heavy atom. The van der Waals surface area contributed by atoms with Crippen LogP contribution in [0.5, 0.6) is 0 Å². The summed E-state index contributed by atoms with van der Waals surface area (Å²) in [6, 6.07) is 0. The van der Waals surface area contributed by atoms with Gasteiger partial charge in [0, 0.05) is 38.7 Å². The van der Waals surface area contributed by atoms with Gasteiger partial charge in [-0.25, -0.2) is 0 Å². The number of hydrogen-bond donors (Lipinski definition) is 2. The van der Waals surface area contributed by atoms with Gasteiger partial charge in [-0.3, -0.25) is 0 Å². The number of nitrogens with zero attached hydrogens (tertiary/aromatic N) is 1. The van der Waals surface area contributed by atoms with E-state index in [4.69, 9.17) is 10.8 Å². The van der Waals surface area contributed by atoms with Crippen LogP contribution in [-0.4, -0.2) is 42.8 Å². The molecule has 1 aliphatic heterocycles. The lowest BCUT2D eigenvalue weighted by molar-refractivity contribution is 0.161. The van der Waals surface area contributed by atoms with E-state index in [-0.39, 0.29) is 5.41 Å². The molecule has 0 aromatic rings. The molecule has 0 spiro atoms. The van der Waals surface area contributed by atoms with E-state index in [1.807, 2.05) is 0 Å². The van der Waals surface area contributed by atoms with Crippen molar-refractivity contribution in [2.75, 3.05) is 32.8 Å². The van der Waals surface area contributed by atoms with Gasteiger partial charge in [-0.15, -0.1) is 0 Å². The zero-order valence-corrected chi connectivity index (χ0v) is 8.08. The van der Waals surface area contributed by atoms with Gasteiger partial charge in [-0.05, 0) is 5.41 Å². The fourth-order valence-electron chi connectivity index (χ4n) is 1.99. The summed E-state index contributed by atoms with van der Waals surface area (Å²) in [5.41, 5.74) is 5.73. The van der Waals surface area contributed by atoms with Crippen molar-refractivity contribution < 1.29 is 5.11 Å². The molecule has 0 saturated carbocycles. The average molecular weight is 172 g/mol. The summed E-state index contributed by atoms with van der Waals surface area (Å²) in [6.45, 7) is 8.47. The monoisotopic (exact) mass is 172 g/mol. The van der Waals surface area contributed by atoms with Crippen molar-refractivity contribution in [3.8, 4) is 0 Å². The summed E-state index contributed by atoms with van der Waals surface area (Å²) in [4.78, 5) is 2.33. The Morgan fingerprint density at radius 1 is 1.58 bits per heavy atom. The molecule has 1 fully saturated rings. The Kier molecular flexibility index (Phi) is 3.09. The Balaban J connectivity index is 2.48. The minimum atomic E-state index is 0.254. The standard InChI is InChI=1S/C9H20N2O/c1-9(2)7-11(4-3-10)5-8(9)6-12/h8,12H,3-7,10H2,1-2H3/t8-/m1/s1. The van der Waals surface area contributed by atoms with Crippen molar-refractivity contribution in [2.24, 2.45) is 17.1 Å². The maximum Gasteiger partial charge on any atom is 0.0477 e. The van der Waals surface area contributed by atoms with Gasteiger partial charge in [0.1, 0.15) is 0 Å². The van der Waals surface area contributed by atoms with Crippen molar-refractivity contribution >= 4 is 0 Å². The largest absolute Gasteiger partial charge is 0.396 e. The number of rotatable bonds is 3. The van der Waals surface area contributed by atoms with Crippen LogP contribution in [0.1, 0.15) is 13.8 Å². The molecule has 1 rings (SSSR count). The van der Waals surface area contributed by atoms with Crippen LogP contribution in [0.15, 0.2) is 0 Å². The van der Waals surface area contributed by atoms with Crippen molar-refractivity contribution in [1.82, 2.24) is 4.90 Å². The zero-order chi connectivity index (χ0) is 9.19. The van der Waals surface area contributed by atoms with E-state index in [2.05, 4.69) is 18.7 Å². The third-order valence-corrected chi connectivity index (χ3v) is 2.88. The van der Waals surface area contributed by atoms with Crippen LogP contribution < -0.4 is 5.73 Å². The number of nitrogens with two attached hydrogens (primary N) is 1. The van der Waals surface area contributed by atoms with Gasteiger partial charge in [0.05, 0.1) is 0 Å². The number of aliphatic hydroxyl groups excluding tert-OH is 1. The molecule has 3 N–H and O–H groups in total. The first kappa shape index (κ1) is 9.96. The summed E-state index contributed by atoms with van der Waals surface area (Å²) in [5, 5.41) is 9.13. The number of hydrogen-bond acceptors (Lipinski definition) is 3. The highest BCUT2D eigenvalue weighted by Crippen LogP contribution is 2.34. The van der Waals surface area contributed by atoms with E-state index >= 15 is 0 Å². The van der Waals surface area contributed by atoms with Crippen molar-refractivity contribution in [3.05, 3.63) is 0 Å². The van der Waals surface area contributed by atoms with Gasteiger partial charge in [0.2, 0.25) is 0 Å². The molecule has 0 aliphatic carbocycles. The van der Waals surface area contributed by atoms with E-state index in [0.717, 1.165) is 19.6 Å². The third kappa shape index (κ3) is 1.97. The molecule has 0 unspecified atom stereocenters. The molecular weight excluding hydrogens is 152 g/mol. The molecule has 12 heavy (non-hydrogen) atoms. The van der Waals surface area contributed by atoms with E-state index < -0.39 is 0 Å². The highest BCUT2D eigenvalue weighted by atomic mass is 16.3.